The van der Waals surface area contributed by atoms with Crippen molar-refractivity contribution < 1.29 is 0 Å². The van der Waals surface area contributed by atoms with E-state index in [4.69, 9.17) is 5.73 Å². The number of nitrogens with two attached hydrogens (primary N) is 1. The number of anilines is 2. The molecule has 3 N–H and O–H groups in total. The second-order valence-corrected chi connectivity index (χ2v) is 6.45. The summed E-state index contributed by atoms with van der Waals surface area (Å²) in [5.41, 5.74) is 8.84. The Morgan fingerprint density at radius 1 is 1.22 bits per heavy atom. The lowest BCUT2D eigenvalue weighted by atomic mass is 10.1. The summed E-state index contributed by atoms with van der Waals surface area (Å²) in [5.74, 6) is 0.626. The summed E-state index contributed by atoms with van der Waals surface area (Å²) >= 11 is 0. The normalized spacial score (nSPS) is 10.7. The van der Waals surface area contributed by atoms with E-state index in [0.717, 1.165) is 16.9 Å². The Balaban J connectivity index is 2.47. The van der Waals surface area contributed by atoms with Gasteiger partial charge in [-0.15, -0.1) is 0 Å². The van der Waals surface area contributed by atoms with Gasteiger partial charge in [-0.2, -0.15) is 0 Å². The molecule has 2 rings (SSSR count). The van der Waals surface area contributed by atoms with Crippen molar-refractivity contribution in [1.29, 1.82) is 0 Å². The first-order chi connectivity index (χ1) is 8.61. The quantitative estimate of drug-likeness (QED) is 0.655. The number of nitrogens with one attached hydrogen (secondary N) is 1. The van der Waals surface area contributed by atoms with Gasteiger partial charge in [0.25, 0.3) is 0 Å². The second-order valence-electron chi connectivity index (χ2n) is 4.18. The Morgan fingerprint density at radius 3 is 2.67 bits per heavy atom. The summed E-state index contributed by atoms with van der Waals surface area (Å²) < 4.78 is 0. The van der Waals surface area contributed by atoms with Crippen LogP contribution < -0.4 is 16.4 Å². The van der Waals surface area contributed by atoms with Crippen LogP contribution in [0, 0.1) is 0 Å². The number of nitrogen functional groups attached to an aromatic ring is 1. The monoisotopic (exact) mass is 260 g/mol. The second kappa shape index (κ2) is 5.32. The van der Waals surface area contributed by atoms with E-state index in [1.165, 1.54) is 5.30 Å². The minimum atomic E-state index is -0.218. The minimum Gasteiger partial charge on any atom is -0.398 e. The van der Waals surface area contributed by atoms with Gasteiger partial charge in [0, 0.05) is 24.5 Å². The van der Waals surface area contributed by atoms with Gasteiger partial charge in [0.2, 0.25) is 5.95 Å². The van der Waals surface area contributed by atoms with Crippen molar-refractivity contribution in [1.82, 2.24) is 9.97 Å². The van der Waals surface area contributed by atoms with E-state index in [1.54, 1.807) is 6.20 Å². The van der Waals surface area contributed by atoms with E-state index in [9.17, 15) is 0 Å². The SMILES string of the molecule is CNc1nccc(-c2ccc(N)c(P(C)C)c2)n1. The lowest BCUT2D eigenvalue weighted by molar-refractivity contribution is 1.15. The van der Waals surface area contributed by atoms with E-state index in [0.29, 0.717) is 5.95 Å². The van der Waals surface area contributed by atoms with Crippen LogP contribution in [-0.4, -0.2) is 30.3 Å². The van der Waals surface area contributed by atoms with Gasteiger partial charge in [-0.3, -0.25) is 0 Å². The van der Waals surface area contributed by atoms with Crippen LogP contribution >= 0.6 is 7.92 Å². The molecule has 0 aliphatic carbocycles. The number of hydrogen-bond donors (Lipinski definition) is 2. The maximum absolute atomic E-state index is 6.00. The molecule has 0 amide bonds. The summed E-state index contributed by atoms with van der Waals surface area (Å²) in [7, 11) is 1.59. The van der Waals surface area contributed by atoms with Crippen molar-refractivity contribution in [2.45, 2.75) is 0 Å². The predicted octanol–water partition coefficient (Wildman–Crippen LogP) is 2.13. The first-order valence-electron chi connectivity index (χ1n) is 5.70. The van der Waals surface area contributed by atoms with Gasteiger partial charge in [0.05, 0.1) is 5.69 Å². The maximum atomic E-state index is 6.00. The van der Waals surface area contributed by atoms with Crippen LogP contribution in [0.5, 0.6) is 0 Å². The number of nitrogens with zero attached hydrogens (tertiary/aromatic N) is 2. The van der Waals surface area contributed by atoms with E-state index >= 15 is 0 Å². The maximum Gasteiger partial charge on any atom is 0.222 e. The highest BCUT2D eigenvalue weighted by Gasteiger charge is 2.07. The molecule has 0 spiro atoms. The number of rotatable bonds is 3. The molecule has 0 aliphatic heterocycles. The third-order valence-corrected chi connectivity index (χ3v) is 4.04. The minimum absolute atomic E-state index is 0.218. The highest BCUT2D eigenvalue weighted by molar-refractivity contribution is 7.64. The third kappa shape index (κ3) is 2.59. The zero-order chi connectivity index (χ0) is 13.1. The zero-order valence-corrected chi connectivity index (χ0v) is 11.7. The van der Waals surface area contributed by atoms with Crippen molar-refractivity contribution in [2.75, 3.05) is 31.4 Å². The van der Waals surface area contributed by atoms with Crippen LogP contribution in [0.3, 0.4) is 0 Å². The molecule has 0 saturated heterocycles. The summed E-state index contributed by atoms with van der Waals surface area (Å²) in [6, 6.07) is 7.99. The average Bonchev–Trinajstić information content (AvgIpc) is 2.39. The van der Waals surface area contributed by atoms with Gasteiger partial charge >= 0.3 is 0 Å². The van der Waals surface area contributed by atoms with Crippen molar-refractivity contribution in [3.63, 3.8) is 0 Å². The fourth-order valence-electron chi connectivity index (χ4n) is 1.73. The van der Waals surface area contributed by atoms with Crippen LogP contribution in [-0.2, 0) is 0 Å². The molecule has 0 bridgehead atoms. The van der Waals surface area contributed by atoms with Crippen molar-refractivity contribution in [2.24, 2.45) is 0 Å². The fraction of sp³-hybridized carbons (Fsp3) is 0.231. The van der Waals surface area contributed by atoms with Crippen molar-refractivity contribution in [3.05, 3.63) is 30.5 Å². The molecular weight excluding hydrogens is 243 g/mol. The fourth-order valence-corrected chi connectivity index (χ4v) is 2.72. The number of aromatic nitrogens is 2. The Hall–Kier alpha value is -1.67. The largest absolute Gasteiger partial charge is 0.398 e. The molecule has 2 aromatic rings. The van der Waals surface area contributed by atoms with E-state index < -0.39 is 0 Å². The first-order valence-corrected chi connectivity index (χ1v) is 7.93. The Labute approximate surface area is 108 Å². The molecule has 1 aromatic heterocycles. The van der Waals surface area contributed by atoms with Gasteiger partial charge in [0.15, 0.2) is 0 Å². The first kappa shape index (κ1) is 12.8. The van der Waals surface area contributed by atoms with Gasteiger partial charge in [0.1, 0.15) is 0 Å². The molecule has 1 heterocycles. The molecule has 0 fully saturated rings. The smallest absolute Gasteiger partial charge is 0.222 e. The number of hydrogen-bond acceptors (Lipinski definition) is 4. The molecule has 94 valence electrons. The highest BCUT2D eigenvalue weighted by Crippen LogP contribution is 2.29. The van der Waals surface area contributed by atoms with E-state index in [-0.39, 0.29) is 7.92 Å². The predicted molar refractivity (Wildman–Crippen MR) is 79.8 cm³/mol. The molecule has 0 atom stereocenters. The average molecular weight is 260 g/mol. The Morgan fingerprint density at radius 2 is 2.00 bits per heavy atom. The zero-order valence-electron chi connectivity index (χ0n) is 10.8. The summed E-state index contributed by atoms with van der Waals surface area (Å²) in [6.07, 6.45) is 1.75. The summed E-state index contributed by atoms with van der Waals surface area (Å²) in [5, 5.41) is 4.16. The Kier molecular flexibility index (Phi) is 3.78. The van der Waals surface area contributed by atoms with Gasteiger partial charge < -0.3 is 11.1 Å². The van der Waals surface area contributed by atoms with Crippen LogP contribution in [0.1, 0.15) is 0 Å². The molecule has 4 nitrogen and oxygen atoms in total. The molecule has 1 aromatic carbocycles. The standard InChI is InChI=1S/C13H17N4P/c1-15-13-16-7-6-11(17-13)9-4-5-10(14)12(8-9)18(2)3/h4-8H,14H2,1-3H3,(H,15,16,17). The van der Waals surface area contributed by atoms with E-state index in [1.807, 2.05) is 25.2 Å². The van der Waals surface area contributed by atoms with Crippen LogP contribution in [0.15, 0.2) is 30.5 Å². The van der Waals surface area contributed by atoms with Crippen LogP contribution in [0.2, 0.25) is 0 Å². The molecule has 0 unspecified atom stereocenters. The molecule has 0 saturated carbocycles. The topological polar surface area (TPSA) is 63.8 Å². The molecule has 18 heavy (non-hydrogen) atoms. The lowest BCUT2D eigenvalue weighted by Crippen LogP contribution is -2.07. The van der Waals surface area contributed by atoms with Gasteiger partial charge in [-0.05, 0) is 36.8 Å². The van der Waals surface area contributed by atoms with Crippen LogP contribution in [0.25, 0.3) is 11.3 Å². The van der Waals surface area contributed by atoms with Gasteiger partial charge in [-0.1, -0.05) is 14.0 Å². The number of benzene rings is 1. The van der Waals surface area contributed by atoms with E-state index in [2.05, 4.69) is 34.7 Å². The highest BCUT2D eigenvalue weighted by atomic mass is 31.1. The van der Waals surface area contributed by atoms with Crippen molar-refractivity contribution >= 4 is 24.9 Å². The molecule has 5 heteroatoms. The van der Waals surface area contributed by atoms with Crippen molar-refractivity contribution in [3.8, 4) is 11.3 Å². The molecule has 0 radical (unpaired) electrons. The molecule has 0 aliphatic rings. The van der Waals surface area contributed by atoms with Gasteiger partial charge in [-0.25, -0.2) is 9.97 Å². The molecular formula is C13H17N4P. The third-order valence-electron chi connectivity index (χ3n) is 2.69. The summed E-state index contributed by atoms with van der Waals surface area (Å²) in [6.45, 7) is 4.40. The Bertz CT molecular complexity index is 554. The summed E-state index contributed by atoms with van der Waals surface area (Å²) in [4.78, 5) is 8.55. The van der Waals surface area contributed by atoms with Crippen LogP contribution in [0.4, 0.5) is 11.6 Å². The lowest BCUT2D eigenvalue weighted by Gasteiger charge is -2.12.